The molecule has 0 heterocycles. The summed E-state index contributed by atoms with van der Waals surface area (Å²) in [6.07, 6.45) is 1.99. The van der Waals surface area contributed by atoms with E-state index in [-0.39, 0.29) is 18.7 Å². The molecule has 0 aromatic heterocycles. The summed E-state index contributed by atoms with van der Waals surface area (Å²) in [4.78, 5) is 12.0. The number of aliphatic hydroxyl groups is 1. The molecule has 1 saturated carbocycles. The Labute approximate surface area is 132 Å². The Kier molecular flexibility index (Phi) is 5.29. The van der Waals surface area contributed by atoms with Gasteiger partial charge in [-0.25, -0.2) is 4.79 Å². The number of nitrogens with one attached hydrogen (secondary N) is 2. The van der Waals surface area contributed by atoms with Crippen LogP contribution in [0.25, 0.3) is 0 Å². The highest BCUT2D eigenvalue weighted by Crippen LogP contribution is 2.39. The van der Waals surface area contributed by atoms with Gasteiger partial charge < -0.3 is 20.5 Å². The first kappa shape index (κ1) is 16.6. The zero-order valence-corrected chi connectivity index (χ0v) is 13.6. The third kappa shape index (κ3) is 4.63. The molecule has 1 fully saturated rings. The third-order valence-electron chi connectivity index (χ3n) is 4.11. The van der Waals surface area contributed by atoms with Crippen molar-refractivity contribution in [1.29, 1.82) is 0 Å². The Morgan fingerprint density at radius 2 is 2.05 bits per heavy atom. The van der Waals surface area contributed by atoms with Crippen LogP contribution in [0.1, 0.15) is 32.3 Å². The molecule has 1 aliphatic carbocycles. The third-order valence-corrected chi connectivity index (χ3v) is 4.11. The monoisotopic (exact) mass is 306 g/mol. The molecule has 5 heteroatoms. The average molecular weight is 306 g/mol. The Balaban J connectivity index is 1.74. The molecule has 0 bridgehead atoms. The molecule has 122 valence electrons. The Morgan fingerprint density at radius 3 is 2.59 bits per heavy atom. The number of hydrogen-bond acceptors (Lipinski definition) is 3. The lowest BCUT2D eigenvalue weighted by Gasteiger charge is -2.29. The van der Waals surface area contributed by atoms with Crippen LogP contribution in [0.5, 0.6) is 5.75 Å². The lowest BCUT2D eigenvalue weighted by Crippen LogP contribution is -2.55. The first-order valence-corrected chi connectivity index (χ1v) is 7.83. The van der Waals surface area contributed by atoms with Gasteiger partial charge in [-0.1, -0.05) is 17.7 Å². The number of urea groups is 1. The number of rotatable bonds is 7. The van der Waals surface area contributed by atoms with Crippen LogP contribution in [-0.4, -0.2) is 35.9 Å². The number of ether oxygens (including phenoxy) is 1. The van der Waals surface area contributed by atoms with E-state index < -0.39 is 5.54 Å². The molecule has 1 aromatic rings. The predicted molar refractivity (Wildman–Crippen MR) is 86.0 cm³/mol. The van der Waals surface area contributed by atoms with Gasteiger partial charge in [0.2, 0.25) is 0 Å². The average Bonchev–Trinajstić information content (AvgIpc) is 3.32. The van der Waals surface area contributed by atoms with Crippen molar-refractivity contribution in [2.45, 2.75) is 45.3 Å². The molecular weight excluding hydrogens is 280 g/mol. The second kappa shape index (κ2) is 7.01. The molecule has 22 heavy (non-hydrogen) atoms. The smallest absolute Gasteiger partial charge is 0.315 e. The van der Waals surface area contributed by atoms with Gasteiger partial charge in [-0.2, -0.15) is 0 Å². The maximum absolute atomic E-state index is 12.0. The summed E-state index contributed by atoms with van der Waals surface area (Å²) < 4.78 is 5.74. The van der Waals surface area contributed by atoms with Crippen LogP contribution in [0.4, 0.5) is 4.79 Å². The molecule has 1 aromatic carbocycles. The Morgan fingerprint density at radius 1 is 1.41 bits per heavy atom. The zero-order valence-electron chi connectivity index (χ0n) is 13.6. The summed E-state index contributed by atoms with van der Waals surface area (Å²) in [5, 5.41) is 15.1. The Hall–Kier alpha value is -1.75. The number of amides is 2. The van der Waals surface area contributed by atoms with E-state index >= 15 is 0 Å². The fraction of sp³-hybridized carbons (Fsp3) is 0.588. The topological polar surface area (TPSA) is 70.6 Å². The second-order valence-corrected chi connectivity index (χ2v) is 6.43. The number of hydrogen-bond donors (Lipinski definition) is 3. The standard InChI is InChI=1S/C17H26N2O3/c1-12-4-8-15(9-5-12)22-13(2)10-18-16(21)19-17(3,11-20)14-6-7-14/h4-5,8-9,13-14,20H,6-7,10-11H2,1-3H3,(H2,18,19,21). The van der Waals surface area contributed by atoms with Crippen LogP contribution in [-0.2, 0) is 0 Å². The molecule has 2 amide bonds. The minimum Gasteiger partial charge on any atom is -0.489 e. The summed E-state index contributed by atoms with van der Waals surface area (Å²) in [5.74, 6) is 1.17. The van der Waals surface area contributed by atoms with Crippen LogP contribution in [0.2, 0.25) is 0 Å². The van der Waals surface area contributed by atoms with Crippen molar-refractivity contribution in [3.63, 3.8) is 0 Å². The van der Waals surface area contributed by atoms with E-state index in [1.807, 2.05) is 45.0 Å². The van der Waals surface area contributed by atoms with Crippen molar-refractivity contribution in [3.05, 3.63) is 29.8 Å². The SMILES string of the molecule is Cc1ccc(OC(C)CNC(=O)NC(C)(CO)C2CC2)cc1. The summed E-state index contributed by atoms with van der Waals surface area (Å²) in [5.41, 5.74) is 0.659. The Bertz CT molecular complexity index is 499. The van der Waals surface area contributed by atoms with Crippen LogP contribution in [0.3, 0.4) is 0 Å². The number of carbonyl (C=O) groups excluding carboxylic acids is 1. The van der Waals surface area contributed by atoms with Gasteiger partial charge in [0, 0.05) is 0 Å². The van der Waals surface area contributed by atoms with Crippen molar-refractivity contribution in [1.82, 2.24) is 10.6 Å². The van der Waals surface area contributed by atoms with Crippen molar-refractivity contribution in [3.8, 4) is 5.75 Å². The van der Waals surface area contributed by atoms with Crippen LogP contribution >= 0.6 is 0 Å². The van der Waals surface area contributed by atoms with E-state index in [1.54, 1.807) is 0 Å². The normalized spacial score (nSPS) is 18.2. The van der Waals surface area contributed by atoms with E-state index in [4.69, 9.17) is 4.74 Å². The molecule has 2 unspecified atom stereocenters. The highest BCUT2D eigenvalue weighted by atomic mass is 16.5. The predicted octanol–water partition coefficient (Wildman–Crippen LogP) is 2.22. The minimum absolute atomic E-state index is 0.0412. The lowest BCUT2D eigenvalue weighted by molar-refractivity contribution is 0.152. The van der Waals surface area contributed by atoms with Gasteiger partial charge in [0.25, 0.3) is 0 Å². The van der Waals surface area contributed by atoms with Gasteiger partial charge in [-0.05, 0) is 51.7 Å². The van der Waals surface area contributed by atoms with Gasteiger partial charge in [0.1, 0.15) is 11.9 Å². The fourth-order valence-corrected chi connectivity index (χ4v) is 2.42. The van der Waals surface area contributed by atoms with Crippen molar-refractivity contribution >= 4 is 6.03 Å². The van der Waals surface area contributed by atoms with Gasteiger partial charge in [0.05, 0.1) is 18.7 Å². The van der Waals surface area contributed by atoms with Gasteiger partial charge >= 0.3 is 6.03 Å². The zero-order chi connectivity index (χ0) is 16.2. The highest BCUT2D eigenvalue weighted by Gasteiger charge is 2.42. The summed E-state index contributed by atoms with van der Waals surface area (Å²) in [6.45, 7) is 6.19. The molecule has 2 atom stereocenters. The van der Waals surface area contributed by atoms with Gasteiger partial charge in [0.15, 0.2) is 0 Å². The molecule has 2 rings (SSSR count). The fourth-order valence-electron chi connectivity index (χ4n) is 2.42. The highest BCUT2D eigenvalue weighted by molar-refractivity contribution is 5.74. The van der Waals surface area contributed by atoms with E-state index in [0.29, 0.717) is 12.5 Å². The van der Waals surface area contributed by atoms with E-state index in [2.05, 4.69) is 10.6 Å². The van der Waals surface area contributed by atoms with E-state index in [9.17, 15) is 9.90 Å². The van der Waals surface area contributed by atoms with Gasteiger partial charge in [-0.15, -0.1) is 0 Å². The molecule has 0 spiro atoms. The molecule has 0 radical (unpaired) electrons. The van der Waals surface area contributed by atoms with Crippen LogP contribution in [0, 0.1) is 12.8 Å². The summed E-state index contributed by atoms with van der Waals surface area (Å²) >= 11 is 0. The maximum atomic E-state index is 12.0. The summed E-state index contributed by atoms with van der Waals surface area (Å²) in [6, 6.07) is 7.56. The molecular formula is C17H26N2O3. The summed E-state index contributed by atoms with van der Waals surface area (Å²) in [7, 11) is 0. The largest absolute Gasteiger partial charge is 0.489 e. The molecule has 0 aliphatic heterocycles. The van der Waals surface area contributed by atoms with Crippen molar-refractivity contribution in [2.24, 2.45) is 5.92 Å². The lowest BCUT2D eigenvalue weighted by atomic mass is 9.97. The number of aliphatic hydroxyl groups excluding tert-OH is 1. The number of benzene rings is 1. The first-order valence-electron chi connectivity index (χ1n) is 7.83. The maximum Gasteiger partial charge on any atom is 0.315 e. The molecule has 3 N–H and O–H groups in total. The molecule has 0 saturated heterocycles. The first-order chi connectivity index (χ1) is 10.4. The number of carbonyl (C=O) groups is 1. The second-order valence-electron chi connectivity index (χ2n) is 6.43. The van der Waals surface area contributed by atoms with Crippen molar-refractivity contribution < 1.29 is 14.6 Å². The van der Waals surface area contributed by atoms with E-state index in [1.165, 1.54) is 5.56 Å². The molecule has 5 nitrogen and oxygen atoms in total. The van der Waals surface area contributed by atoms with Crippen LogP contribution in [0.15, 0.2) is 24.3 Å². The van der Waals surface area contributed by atoms with Gasteiger partial charge in [-0.3, -0.25) is 0 Å². The number of aryl methyl sites for hydroxylation is 1. The minimum atomic E-state index is -0.523. The van der Waals surface area contributed by atoms with Crippen molar-refractivity contribution in [2.75, 3.05) is 13.2 Å². The van der Waals surface area contributed by atoms with E-state index in [0.717, 1.165) is 18.6 Å². The molecule has 1 aliphatic rings. The quantitative estimate of drug-likeness (QED) is 0.723. The van der Waals surface area contributed by atoms with Crippen LogP contribution < -0.4 is 15.4 Å².